The van der Waals surface area contributed by atoms with Gasteiger partial charge in [-0.25, -0.2) is 9.78 Å². The summed E-state index contributed by atoms with van der Waals surface area (Å²) in [6.45, 7) is 4.93. The van der Waals surface area contributed by atoms with Crippen LogP contribution in [0.3, 0.4) is 0 Å². The molecule has 1 aromatic carbocycles. The van der Waals surface area contributed by atoms with Gasteiger partial charge in [0.25, 0.3) is 0 Å². The summed E-state index contributed by atoms with van der Waals surface area (Å²) in [4.78, 5) is 28.7. The number of hydrogen-bond donors (Lipinski definition) is 1. The first kappa shape index (κ1) is 20.9. The fraction of sp³-hybridized carbons (Fsp3) is 0.400. The normalized spacial score (nSPS) is 17.2. The highest BCUT2D eigenvalue weighted by atomic mass is 32.1. The van der Waals surface area contributed by atoms with Crippen LogP contribution in [0, 0.1) is 11.8 Å². The van der Waals surface area contributed by atoms with Crippen molar-refractivity contribution >= 4 is 17.3 Å². The number of carbonyl (C=O) groups is 1. The smallest absolute Gasteiger partial charge is 0.341 e. The number of aromatic carboxylic acids is 1. The Balaban J connectivity index is 1.65. The van der Waals surface area contributed by atoms with E-state index in [4.69, 9.17) is 4.74 Å². The van der Waals surface area contributed by atoms with Gasteiger partial charge < -0.3 is 14.4 Å². The third-order valence-electron chi connectivity index (χ3n) is 6.49. The monoisotopic (exact) mass is 450 g/mol. The van der Waals surface area contributed by atoms with E-state index in [0.29, 0.717) is 6.61 Å². The predicted molar refractivity (Wildman–Crippen MR) is 125 cm³/mol. The van der Waals surface area contributed by atoms with Crippen molar-refractivity contribution in [3.05, 3.63) is 57.3 Å². The van der Waals surface area contributed by atoms with Gasteiger partial charge in [0.1, 0.15) is 16.3 Å². The maximum absolute atomic E-state index is 12.6. The zero-order chi connectivity index (χ0) is 22.4. The average Bonchev–Trinajstić information content (AvgIpc) is 3.42. The first-order chi connectivity index (χ1) is 15.4. The van der Waals surface area contributed by atoms with E-state index < -0.39 is 11.4 Å². The number of fused-ring (bicyclic) bond motifs is 3. The highest BCUT2D eigenvalue weighted by Gasteiger charge is 2.30. The van der Waals surface area contributed by atoms with Gasteiger partial charge in [0.15, 0.2) is 5.43 Å². The average molecular weight is 451 g/mol. The SMILES string of the molecule is CC(C)C1Cc2cc(OCCC3CC3)c(-c3nccs3)cc2-c2cc(=O)c(C(=O)O)cn21. The molecule has 0 bridgehead atoms. The van der Waals surface area contributed by atoms with Crippen LogP contribution in [-0.4, -0.2) is 27.2 Å². The largest absolute Gasteiger partial charge is 0.493 e. The van der Waals surface area contributed by atoms with Gasteiger partial charge in [0, 0.05) is 35.4 Å². The van der Waals surface area contributed by atoms with E-state index in [1.54, 1.807) is 17.5 Å². The fourth-order valence-corrected chi connectivity index (χ4v) is 5.15. The third-order valence-corrected chi connectivity index (χ3v) is 7.30. The molecule has 1 aliphatic heterocycles. The Morgan fingerprint density at radius 2 is 2.09 bits per heavy atom. The fourth-order valence-electron chi connectivity index (χ4n) is 4.50. The van der Waals surface area contributed by atoms with Gasteiger partial charge >= 0.3 is 5.97 Å². The molecular formula is C25H26N2O4S. The molecule has 3 heterocycles. The molecule has 0 saturated heterocycles. The third kappa shape index (κ3) is 3.86. The van der Waals surface area contributed by atoms with E-state index in [0.717, 1.165) is 51.9 Å². The van der Waals surface area contributed by atoms with Crippen LogP contribution in [-0.2, 0) is 6.42 Å². The van der Waals surface area contributed by atoms with Crippen molar-refractivity contribution in [3.8, 4) is 27.6 Å². The standard InChI is InChI=1S/C25H26N2O4S/c1-14(2)20-9-16-10-23(31-7-5-15-3-4-15)18(24-26-6-8-32-24)11-17(16)21-12-22(28)19(25(29)30)13-27(20)21/h6,8,10-15,20H,3-5,7,9H2,1-2H3,(H,29,30). The van der Waals surface area contributed by atoms with Gasteiger partial charge in [-0.2, -0.15) is 0 Å². The second-order valence-corrected chi connectivity index (χ2v) is 9.98. The zero-order valence-electron chi connectivity index (χ0n) is 18.2. The van der Waals surface area contributed by atoms with Crippen LogP contribution < -0.4 is 10.2 Å². The van der Waals surface area contributed by atoms with Crippen molar-refractivity contribution in [1.29, 1.82) is 0 Å². The van der Waals surface area contributed by atoms with E-state index in [1.165, 1.54) is 25.1 Å². The van der Waals surface area contributed by atoms with Gasteiger partial charge in [-0.05, 0) is 42.4 Å². The van der Waals surface area contributed by atoms with Crippen LogP contribution in [0.15, 0.2) is 40.8 Å². The number of rotatable bonds is 7. The van der Waals surface area contributed by atoms with Crippen LogP contribution in [0.4, 0.5) is 0 Å². The molecule has 1 fully saturated rings. The summed E-state index contributed by atoms with van der Waals surface area (Å²) >= 11 is 1.55. The molecule has 2 aromatic heterocycles. The lowest BCUT2D eigenvalue weighted by molar-refractivity contribution is 0.0694. The molecule has 6 nitrogen and oxygen atoms in total. The number of aromatic nitrogens is 2. The number of carboxylic acid groups (broad SMARTS) is 1. The molecular weight excluding hydrogens is 424 g/mol. The second-order valence-electron chi connectivity index (χ2n) is 9.09. The van der Waals surface area contributed by atoms with Crippen LogP contribution in [0.25, 0.3) is 21.8 Å². The van der Waals surface area contributed by atoms with Crippen LogP contribution in [0.1, 0.15) is 55.1 Å². The number of hydrogen-bond acceptors (Lipinski definition) is 5. The summed E-state index contributed by atoms with van der Waals surface area (Å²) in [6.07, 6.45) is 7.70. The number of pyridine rings is 1. The Labute approximate surface area is 190 Å². The lowest BCUT2D eigenvalue weighted by atomic mass is 9.86. The Morgan fingerprint density at radius 3 is 2.75 bits per heavy atom. The summed E-state index contributed by atoms with van der Waals surface area (Å²) in [6, 6.07) is 5.69. The molecule has 5 rings (SSSR count). The van der Waals surface area contributed by atoms with Crippen molar-refractivity contribution in [2.45, 2.75) is 45.6 Å². The highest BCUT2D eigenvalue weighted by molar-refractivity contribution is 7.13. The minimum atomic E-state index is -1.19. The van der Waals surface area contributed by atoms with Crippen LogP contribution >= 0.6 is 11.3 Å². The molecule has 1 aliphatic carbocycles. The van der Waals surface area contributed by atoms with Gasteiger partial charge in [-0.3, -0.25) is 4.79 Å². The first-order valence-electron chi connectivity index (χ1n) is 11.1. The maximum Gasteiger partial charge on any atom is 0.341 e. The molecule has 7 heteroatoms. The molecule has 166 valence electrons. The summed E-state index contributed by atoms with van der Waals surface area (Å²) in [5.41, 5.74) is 3.06. The lowest BCUT2D eigenvalue weighted by Crippen LogP contribution is -2.28. The summed E-state index contributed by atoms with van der Waals surface area (Å²) in [5, 5.41) is 12.3. The van der Waals surface area contributed by atoms with Gasteiger partial charge in [-0.1, -0.05) is 26.7 Å². The van der Waals surface area contributed by atoms with Crippen LogP contribution in [0.5, 0.6) is 5.75 Å². The summed E-state index contributed by atoms with van der Waals surface area (Å²) in [7, 11) is 0. The minimum absolute atomic E-state index is 0.0567. The van der Waals surface area contributed by atoms with Crippen molar-refractivity contribution in [2.75, 3.05) is 6.61 Å². The number of benzene rings is 1. The Hall–Kier alpha value is -2.93. The topological polar surface area (TPSA) is 81.4 Å². The second kappa shape index (κ2) is 8.20. The Kier molecular flexibility index (Phi) is 5.37. The van der Waals surface area contributed by atoms with Crippen LogP contribution in [0.2, 0.25) is 0 Å². The molecule has 0 spiro atoms. The minimum Gasteiger partial charge on any atom is -0.493 e. The molecule has 1 atom stereocenters. The van der Waals surface area contributed by atoms with Gasteiger partial charge in [0.2, 0.25) is 0 Å². The molecule has 0 radical (unpaired) electrons. The van der Waals surface area contributed by atoms with E-state index in [2.05, 4.69) is 31.0 Å². The molecule has 2 aliphatic rings. The van der Waals surface area contributed by atoms with Gasteiger partial charge in [-0.15, -0.1) is 11.3 Å². The number of carboxylic acids is 1. The van der Waals surface area contributed by atoms with E-state index >= 15 is 0 Å². The molecule has 1 unspecified atom stereocenters. The summed E-state index contributed by atoms with van der Waals surface area (Å²) in [5.74, 6) is 0.702. The van der Waals surface area contributed by atoms with Crippen molar-refractivity contribution in [3.63, 3.8) is 0 Å². The molecule has 3 aromatic rings. The number of ether oxygens (including phenoxy) is 1. The number of nitrogens with zero attached hydrogens (tertiary/aromatic N) is 2. The zero-order valence-corrected chi connectivity index (χ0v) is 19.0. The molecule has 0 amide bonds. The molecule has 1 saturated carbocycles. The van der Waals surface area contributed by atoms with E-state index in [1.807, 2.05) is 9.95 Å². The van der Waals surface area contributed by atoms with E-state index in [9.17, 15) is 14.7 Å². The Morgan fingerprint density at radius 1 is 1.28 bits per heavy atom. The van der Waals surface area contributed by atoms with Crippen molar-refractivity contribution < 1.29 is 14.6 Å². The van der Waals surface area contributed by atoms with E-state index in [-0.39, 0.29) is 17.5 Å². The van der Waals surface area contributed by atoms with Crippen molar-refractivity contribution in [2.24, 2.45) is 11.8 Å². The van der Waals surface area contributed by atoms with Gasteiger partial charge in [0.05, 0.1) is 17.9 Å². The molecule has 1 N–H and O–H groups in total. The molecule has 32 heavy (non-hydrogen) atoms. The quantitative estimate of drug-likeness (QED) is 0.530. The predicted octanol–water partition coefficient (Wildman–Crippen LogP) is 5.27. The number of thiazole rings is 1. The highest BCUT2D eigenvalue weighted by Crippen LogP contribution is 2.43. The lowest BCUT2D eigenvalue weighted by Gasteiger charge is -2.34. The maximum atomic E-state index is 12.6. The Bertz CT molecular complexity index is 1230. The summed E-state index contributed by atoms with van der Waals surface area (Å²) < 4.78 is 8.23. The van der Waals surface area contributed by atoms with Crippen molar-refractivity contribution in [1.82, 2.24) is 9.55 Å². The first-order valence-corrected chi connectivity index (χ1v) is 12.0.